The van der Waals surface area contributed by atoms with Crippen molar-refractivity contribution in [2.45, 2.75) is 25.8 Å². The zero-order valence-corrected chi connectivity index (χ0v) is 34.1. The topological polar surface area (TPSA) is 243 Å². The second-order valence-corrected chi connectivity index (χ2v) is 15.2. The Morgan fingerprint density at radius 1 is 0.462 bits per heavy atom. The maximum atomic E-state index is 13.5. The van der Waals surface area contributed by atoms with Gasteiger partial charge in [0.15, 0.2) is 0 Å². The van der Waals surface area contributed by atoms with E-state index in [0.717, 1.165) is 22.0 Å². The van der Waals surface area contributed by atoms with Crippen LogP contribution in [-0.4, -0.2) is 86.2 Å². The highest BCUT2D eigenvalue weighted by molar-refractivity contribution is 6.23. The van der Waals surface area contributed by atoms with Crippen LogP contribution in [-0.2, 0) is 9.59 Å². The van der Waals surface area contributed by atoms with Gasteiger partial charge in [-0.3, -0.25) is 38.6 Å². The Bertz CT molecular complexity index is 2940. The fourth-order valence-corrected chi connectivity index (χ4v) is 7.01. The average Bonchev–Trinajstić information content (AvgIpc) is 3.84. The molecule has 5 aromatic carbocycles. The van der Waals surface area contributed by atoms with Crippen molar-refractivity contribution in [1.29, 1.82) is 0 Å². The number of nitrogens with zero attached hydrogens (tertiary/aromatic N) is 3. The molecule has 0 saturated carbocycles. The van der Waals surface area contributed by atoms with Gasteiger partial charge in [-0.1, -0.05) is 0 Å². The van der Waals surface area contributed by atoms with Crippen molar-refractivity contribution in [2.24, 2.45) is 5.84 Å². The van der Waals surface area contributed by atoms with Crippen molar-refractivity contribution in [3.05, 3.63) is 166 Å². The van der Waals surface area contributed by atoms with Gasteiger partial charge in [0.25, 0.3) is 35.4 Å². The van der Waals surface area contributed by atoms with Crippen molar-refractivity contribution in [3.63, 3.8) is 0 Å². The van der Waals surface area contributed by atoms with E-state index in [-0.39, 0.29) is 80.5 Å². The van der Waals surface area contributed by atoms with Gasteiger partial charge in [0.1, 0.15) is 23.0 Å². The fraction of sp³-hybridized carbons (Fsp3) is 0.106. The number of imide groups is 3. The number of hydrogen-bond donors (Lipinski definition) is 1. The molecule has 5 aromatic rings. The summed E-state index contributed by atoms with van der Waals surface area (Å²) in [7, 11) is 0. The summed E-state index contributed by atoms with van der Waals surface area (Å²) in [5.74, 6) is -0.913. The summed E-state index contributed by atoms with van der Waals surface area (Å²) < 4.78 is 21.6. The Labute approximate surface area is 367 Å². The SMILES string of the molecule is CC(C)(CCN1C(=O)C=CC1=O)N1C(=O)c2ccc(C(=O)Oc3ccc(C(=O)Oc4ccc(OC(=O)c5ccc(OC(=O)c6ccc7c(c6)C(=O)N(N)C7=O)cc5)cc4)cc3)cc2C1=O. The molecule has 0 spiro atoms. The Balaban J connectivity index is 0.814. The molecule has 324 valence electrons. The van der Waals surface area contributed by atoms with E-state index in [0.29, 0.717) is 5.01 Å². The second kappa shape index (κ2) is 16.8. The largest absolute Gasteiger partial charge is 0.423 e. The molecule has 3 aliphatic heterocycles. The molecule has 0 aliphatic carbocycles. The highest BCUT2D eigenvalue weighted by Gasteiger charge is 2.45. The van der Waals surface area contributed by atoms with E-state index in [9.17, 15) is 47.9 Å². The Morgan fingerprint density at radius 3 is 1.22 bits per heavy atom. The minimum absolute atomic E-state index is 0.00424. The Kier molecular flexibility index (Phi) is 11.0. The van der Waals surface area contributed by atoms with Gasteiger partial charge in [-0.2, -0.15) is 0 Å². The number of rotatable bonds is 12. The summed E-state index contributed by atoms with van der Waals surface area (Å²) in [6.45, 7) is 3.27. The fourth-order valence-electron chi connectivity index (χ4n) is 7.01. The first-order valence-corrected chi connectivity index (χ1v) is 19.5. The number of hydrogen-bond acceptors (Lipinski definition) is 15. The molecule has 0 bridgehead atoms. The van der Waals surface area contributed by atoms with Crippen LogP contribution < -0.4 is 24.8 Å². The third kappa shape index (κ3) is 8.39. The third-order valence-corrected chi connectivity index (χ3v) is 10.6. The van der Waals surface area contributed by atoms with Crippen LogP contribution in [0.5, 0.6) is 23.0 Å². The smallest absolute Gasteiger partial charge is 0.343 e. The van der Waals surface area contributed by atoms with Crippen LogP contribution in [0.3, 0.4) is 0 Å². The number of carbonyl (C=O) groups excluding carboxylic acids is 10. The van der Waals surface area contributed by atoms with Crippen molar-refractivity contribution < 1.29 is 66.9 Å². The Morgan fingerprint density at radius 2 is 0.785 bits per heavy atom. The molecule has 0 atom stereocenters. The highest BCUT2D eigenvalue weighted by Crippen LogP contribution is 2.33. The van der Waals surface area contributed by atoms with Crippen LogP contribution in [0.25, 0.3) is 0 Å². The standard InChI is InChI=1S/C47H32N4O14/c1-47(2,21-22-49-37(52)19-20-38(49)53)50-39(54)33-17-7-27(23-35(33)40(50)55)45(60)64-29-9-3-25(4-10-29)43(58)62-31-13-15-32(16-14-31)63-44(59)26-5-11-30(12-6-26)65-46(61)28-8-18-34-36(24-28)42(57)51(48)41(34)56/h3-20,23-24H,21-22,48H2,1-2H3. The number of ether oxygens (including phenoxy) is 4. The lowest BCUT2D eigenvalue weighted by atomic mass is 9.97. The van der Waals surface area contributed by atoms with Crippen molar-refractivity contribution >= 4 is 59.3 Å². The molecule has 3 aliphatic rings. The quantitative estimate of drug-likeness (QED) is 0.0586. The average molecular weight is 877 g/mol. The molecule has 65 heavy (non-hydrogen) atoms. The van der Waals surface area contributed by atoms with Gasteiger partial charge in [-0.05, 0) is 129 Å². The lowest BCUT2D eigenvalue weighted by Crippen LogP contribution is -2.49. The van der Waals surface area contributed by atoms with Crippen LogP contribution in [0.1, 0.15) is 103 Å². The van der Waals surface area contributed by atoms with Gasteiger partial charge in [0.2, 0.25) is 0 Å². The molecule has 0 unspecified atom stereocenters. The van der Waals surface area contributed by atoms with E-state index < -0.39 is 64.9 Å². The number of esters is 4. The molecule has 6 amide bonds. The molecule has 18 heteroatoms. The maximum Gasteiger partial charge on any atom is 0.343 e. The minimum atomic E-state index is -1.09. The van der Waals surface area contributed by atoms with E-state index in [1.807, 2.05) is 0 Å². The molecule has 0 fully saturated rings. The van der Waals surface area contributed by atoms with E-state index >= 15 is 0 Å². The van der Waals surface area contributed by atoms with Gasteiger partial charge in [0, 0.05) is 24.2 Å². The van der Waals surface area contributed by atoms with E-state index in [1.165, 1.54) is 109 Å². The summed E-state index contributed by atoms with van der Waals surface area (Å²) in [6, 6.07) is 24.3. The van der Waals surface area contributed by atoms with E-state index in [2.05, 4.69) is 0 Å². The molecular formula is C47H32N4O14. The summed E-state index contributed by atoms with van der Waals surface area (Å²) in [5.41, 5.74) is -0.758. The maximum absolute atomic E-state index is 13.5. The molecule has 18 nitrogen and oxygen atoms in total. The zero-order chi connectivity index (χ0) is 46.3. The predicted octanol–water partition coefficient (Wildman–Crippen LogP) is 4.72. The van der Waals surface area contributed by atoms with E-state index in [1.54, 1.807) is 13.8 Å². The first-order valence-electron chi connectivity index (χ1n) is 19.5. The molecule has 0 saturated heterocycles. The van der Waals surface area contributed by atoms with Crippen molar-refractivity contribution in [1.82, 2.24) is 14.8 Å². The first kappa shape index (κ1) is 42.8. The molecule has 3 heterocycles. The number of hydrazine groups is 1. The lowest BCUT2D eigenvalue weighted by molar-refractivity contribution is -0.137. The van der Waals surface area contributed by atoms with Crippen molar-refractivity contribution in [3.8, 4) is 23.0 Å². The number of nitrogens with two attached hydrogens (primary N) is 1. The minimum Gasteiger partial charge on any atom is -0.423 e. The van der Waals surface area contributed by atoms with Crippen LogP contribution >= 0.6 is 0 Å². The molecule has 2 N–H and O–H groups in total. The monoisotopic (exact) mass is 876 g/mol. The third-order valence-electron chi connectivity index (χ3n) is 10.6. The van der Waals surface area contributed by atoms with Gasteiger partial charge < -0.3 is 18.9 Å². The van der Waals surface area contributed by atoms with E-state index in [4.69, 9.17) is 24.8 Å². The number of fused-ring (bicyclic) bond motifs is 2. The van der Waals surface area contributed by atoms with Gasteiger partial charge in [-0.25, -0.2) is 30.0 Å². The van der Waals surface area contributed by atoms with Crippen LogP contribution in [0.2, 0.25) is 0 Å². The van der Waals surface area contributed by atoms with Gasteiger partial charge >= 0.3 is 23.9 Å². The Hall–Kier alpha value is -8.90. The summed E-state index contributed by atoms with van der Waals surface area (Å²) >= 11 is 0. The zero-order valence-electron chi connectivity index (χ0n) is 34.1. The van der Waals surface area contributed by atoms with Crippen molar-refractivity contribution in [2.75, 3.05) is 6.54 Å². The second-order valence-electron chi connectivity index (χ2n) is 15.2. The molecule has 0 radical (unpaired) electrons. The number of amides is 6. The summed E-state index contributed by atoms with van der Waals surface area (Å²) in [6.07, 6.45) is 2.42. The first-order chi connectivity index (χ1) is 31.0. The van der Waals surface area contributed by atoms with Gasteiger partial charge in [-0.15, -0.1) is 0 Å². The van der Waals surface area contributed by atoms with Crippen LogP contribution in [0, 0.1) is 0 Å². The number of carbonyl (C=O) groups is 10. The van der Waals surface area contributed by atoms with Gasteiger partial charge in [0.05, 0.1) is 44.5 Å². The number of benzene rings is 5. The molecule has 0 aromatic heterocycles. The molecule has 8 rings (SSSR count). The van der Waals surface area contributed by atoms with Crippen LogP contribution in [0.4, 0.5) is 0 Å². The molecular weight excluding hydrogens is 845 g/mol. The summed E-state index contributed by atoms with van der Waals surface area (Å²) in [4.78, 5) is 128. The summed E-state index contributed by atoms with van der Waals surface area (Å²) in [5, 5.41) is 0.456. The van der Waals surface area contributed by atoms with Crippen LogP contribution in [0.15, 0.2) is 121 Å². The normalized spacial score (nSPS) is 14.2. The highest BCUT2D eigenvalue weighted by atomic mass is 16.5. The lowest BCUT2D eigenvalue weighted by Gasteiger charge is -2.34. The predicted molar refractivity (Wildman–Crippen MR) is 222 cm³/mol.